The number of aryl methyl sites for hydroxylation is 2. The first-order chi connectivity index (χ1) is 13.7. The molecule has 0 radical (unpaired) electrons. The second-order valence-corrected chi connectivity index (χ2v) is 6.98. The molecule has 1 aliphatic rings. The lowest BCUT2D eigenvalue weighted by Crippen LogP contribution is -2.37. The van der Waals surface area contributed by atoms with Crippen molar-refractivity contribution in [2.45, 2.75) is 45.6 Å². The predicted molar refractivity (Wildman–Crippen MR) is 102 cm³/mol. The van der Waals surface area contributed by atoms with E-state index >= 15 is 0 Å². The highest BCUT2D eigenvalue weighted by atomic mass is 16.6. The van der Waals surface area contributed by atoms with Crippen LogP contribution in [-0.4, -0.2) is 40.3 Å². The third-order valence-corrected chi connectivity index (χ3v) is 4.57. The molecule has 9 heteroatoms. The molecule has 2 aromatic rings. The van der Waals surface area contributed by atoms with Crippen LogP contribution in [0.5, 0.6) is 0 Å². The van der Waals surface area contributed by atoms with Crippen molar-refractivity contribution < 1.29 is 23.8 Å². The normalized spacial score (nSPS) is 21.0. The van der Waals surface area contributed by atoms with Crippen LogP contribution in [0.4, 0.5) is 0 Å². The van der Waals surface area contributed by atoms with Gasteiger partial charge in [-0.25, -0.2) is 9.59 Å². The van der Waals surface area contributed by atoms with Crippen molar-refractivity contribution in [3.63, 3.8) is 0 Å². The maximum Gasteiger partial charge on any atom is 0.338 e. The number of H-pyrrole nitrogens is 1. The zero-order chi connectivity index (χ0) is 21.1. The Hall–Kier alpha value is -3.20. The van der Waals surface area contributed by atoms with E-state index in [1.807, 2.05) is 6.92 Å². The van der Waals surface area contributed by atoms with Gasteiger partial charge in [-0.1, -0.05) is 17.7 Å². The van der Waals surface area contributed by atoms with Crippen molar-refractivity contribution in [3.8, 4) is 0 Å². The third kappa shape index (κ3) is 4.80. The van der Waals surface area contributed by atoms with E-state index in [9.17, 15) is 19.2 Å². The minimum atomic E-state index is -0.940. The van der Waals surface area contributed by atoms with Crippen molar-refractivity contribution in [2.75, 3.05) is 6.61 Å². The van der Waals surface area contributed by atoms with E-state index in [2.05, 4.69) is 4.98 Å². The number of esters is 2. The van der Waals surface area contributed by atoms with Gasteiger partial charge < -0.3 is 14.2 Å². The smallest absolute Gasteiger partial charge is 0.338 e. The van der Waals surface area contributed by atoms with Gasteiger partial charge >= 0.3 is 17.6 Å². The summed E-state index contributed by atoms with van der Waals surface area (Å²) in [5.74, 6) is -1.03. The largest absolute Gasteiger partial charge is 0.459 e. The highest BCUT2D eigenvalue weighted by Crippen LogP contribution is 2.31. The van der Waals surface area contributed by atoms with Crippen LogP contribution in [0.25, 0.3) is 0 Å². The molecular formula is C20H22N2O7. The molecule has 0 saturated carbocycles. The summed E-state index contributed by atoms with van der Waals surface area (Å²) in [6.07, 6.45) is -0.708. The molecule has 1 N–H and O–H groups in total. The predicted octanol–water partition coefficient (Wildman–Crippen LogP) is 1.23. The van der Waals surface area contributed by atoms with Crippen molar-refractivity contribution in [1.82, 2.24) is 9.55 Å². The first-order valence-corrected chi connectivity index (χ1v) is 9.13. The van der Waals surface area contributed by atoms with Crippen LogP contribution < -0.4 is 11.2 Å². The Kier molecular flexibility index (Phi) is 5.97. The molecule has 0 spiro atoms. The fourth-order valence-corrected chi connectivity index (χ4v) is 3.10. The summed E-state index contributed by atoms with van der Waals surface area (Å²) in [7, 11) is 0. The van der Waals surface area contributed by atoms with Crippen molar-refractivity contribution in [1.29, 1.82) is 0 Å². The van der Waals surface area contributed by atoms with Crippen molar-refractivity contribution >= 4 is 11.9 Å². The summed E-state index contributed by atoms with van der Waals surface area (Å²) in [5.41, 5.74) is 0.560. The zero-order valence-corrected chi connectivity index (χ0v) is 16.3. The van der Waals surface area contributed by atoms with Crippen LogP contribution in [0.2, 0.25) is 0 Å². The molecule has 0 bridgehead atoms. The number of hydrogen-bond acceptors (Lipinski definition) is 7. The van der Waals surface area contributed by atoms with Crippen LogP contribution in [0.3, 0.4) is 0 Å². The van der Waals surface area contributed by atoms with Gasteiger partial charge in [-0.15, -0.1) is 0 Å². The lowest BCUT2D eigenvalue weighted by atomic mass is 10.1. The van der Waals surface area contributed by atoms with Crippen LogP contribution in [0.15, 0.2) is 40.1 Å². The number of nitrogens with zero attached hydrogens (tertiary/aromatic N) is 1. The molecule has 3 atom stereocenters. The standard InChI is InChI=1S/C20H22N2O7/c1-11-4-6-14(7-5-11)19(25)27-10-15-8-16(28-13(3)23)18(29-15)22-9-12(2)17(24)21-20(22)26/h4-7,9,15-16,18H,8,10H2,1-3H3,(H,21,24,26)/t15-,16+,18+/m0/s1. The maximum atomic E-state index is 12.2. The molecule has 1 saturated heterocycles. The average molecular weight is 402 g/mol. The molecule has 0 unspecified atom stereocenters. The first-order valence-electron chi connectivity index (χ1n) is 9.13. The number of benzene rings is 1. The first kappa shape index (κ1) is 20.5. The Bertz CT molecular complexity index is 1020. The zero-order valence-electron chi connectivity index (χ0n) is 16.3. The molecule has 0 amide bonds. The van der Waals surface area contributed by atoms with Gasteiger partial charge in [0.15, 0.2) is 6.23 Å². The van der Waals surface area contributed by atoms with Gasteiger partial charge in [-0.3, -0.25) is 19.1 Å². The van der Waals surface area contributed by atoms with E-state index in [1.165, 1.54) is 17.7 Å². The van der Waals surface area contributed by atoms with Gasteiger partial charge in [-0.05, 0) is 26.0 Å². The van der Waals surface area contributed by atoms with Gasteiger partial charge in [0.25, 0.3) is 5.56 Å². The minimum absolute atomic E-state index is 0.0714. The van der Waals surface area contributed by atoms with Gasteiger partial charge in [0.2, 0.25) is 0 Å². The summed E-state index contributed by atoms with van der Waals surface area (Å²) < 4.78 is 17.6. The monoisotopic (exact) mass is 402 g/mol. The summed E-state index contributed by atoms with van der Waals surface area (Å²) in [6.45, 7) is 4.64. The fourth-order valence-electron chi connectivity index (χ4n) is 3.10. The molecule has 1 aliphatic heterocycles. The van der Waals surface area contributed by atoms with E-state index < -0.39 is 41.6 Å². The second-order valence-electron chi connectivity index (χ2n) is 6.98. The fraction of sp³-hybridized carbons (Fsp3) is 0.400. The number of aromatic amines is 1. The number of rotatable bonds is 5. The van der Waals surface area contributed by atoms with Crippen LogP contribution in [0, 0.1) is 13.8 Å². The average Bonchev–Trinajstić information content (AvgIpc) is 3.05. The van der Waals surface area contributed by atoms with E-state index in [4.69, 9.17) is 14.2 Å². The Morgan fingerprint density at radius 2 is 1.90 bits per heavy atom. The molecule has 29 heavy (non-hydrogen) atoms. The molecule has 9 nitrogen and oxygen atoms in total. The highest BCUT2D eigenvalue weighted by Gasteiger charge is 2.40. The number of ether oxygens (including phenoxy) is 3. The van der Waals surface area contributed by atoms with E-state index in [0.29, 0.717) is 11.1 Å². The Morgan fingerprint density at radius 1 is 1.21 bits per heavy atom. The molecule has 154 valence electrons. The number of hydrogen-bond donors (Lipinski definition) is 1. The number of carbonyl (C=O) groups excluding carboxylic acids is 2. The second kappa shape index (κ2) is 8.44. The van der Waals surface area contributed by atoms with Crippen molar-refractivity contribution in [2.24, 2.45) is 0 Å². The Balaban J connectivity index is 1.73. The van der Waals surface area contributed by atoms with Gasteiger partial charge in [-0.2, -0.15) is 0 Å². The van der Waals surface area contributed by atoms with Crippen LogP contribution in [-0.2, 0) is 19.0 Å². The Morgan fingerprint density at radius 3 is 2.55 bits per heavy atom. The summed E-state index contributed by atoms with van der Waals surface area (Å²) >= 11 is 0. The molecular weight excluding hydrogens is 380 g/mol. The number of aromatic nitrogens is 2. The van der Waals surface area contributed by atoms with E-state index in [1.54, 1.807) is 31.2 Å². The van der Waals surface area contributed by atoms with Crippen LogP contribution >= 0.6 is 0 Å². The topological polar surface area (TPSA) is 117 Å². The SMILES string of the molecule is CC(=O)O[C@@H]1C[C@@H](COC(=O)c2ccc(C)cc2)O[C@H]1n1cc(C)c(=O)[nH]c1=O. The van der Waals surface area contributed by atoms with Gasteiger partial charge in [0.1, 0.15) is 12.7 Å². The summed E-state index contributed by atoms with van der Waals surface area (Å²) in [4.78, 5) is 49.7. The molecule has 1 aromatic carbocycles. The van der Waals surface area contributed by atoms with Crippen LogP contribution in [0.1, 0.15) is 41.1 Å². The van der Waals surface area contributed by atoms with Crippen molar-refractivity contribution in [3.05, 3.63) is 68.0 Å². The van der Waals surface area contributed by atoms with Gasteiger partial charge in [0, 0.05) is 25.1 Å². The molecule has 1 aromatic heterocycles. The third-order valence-electron chi connectivity index (χ3n) is 4.57. The maximum absolute atomic E-state index is 12.2. The van der Waals surface area contributed by atoms with E-state index in [0.717, 1.165) is 5.56 Å². The van der Waals surface area contributed by atoms with E-state index in [-0.39, 0.29) is 13.0 Å². The highest BCUT2D eigenvalue weighted by molar-refractivity contribution is 5.89. The molecule has 1 fully saturated rings. The summed E-state index contributed by atoms with van der Waals surface area (Å²) in [6, 6.07) is 6.95. The number of carbonyl (C=O) groups is 2. The molecule has 2 heterocycles. The Labute approximate surface area is 166 Å². The lowest BCUT2D eigenvalue weighted by Gasteiger charge is -2.20. The summed E-state index contributed by atoms with van der Waals surface area (Å²) in [5, 5.41) is 0. The lowest BCUT2D eigenvalue weighted by molar-refractivity contribution is -0.152. The minimum Gasteiger partial charge on any atom is -0.459 e. The molecule has 0 aliphatic carbocycles. The number of nitrogens with one attached hydrogen (secondary N) is 1. The quantitative estimate of drug-likeness (QED) is 0.748. The molecule has 3 rings (SSSR count). The van der Waals surface area contributed by atoms with Gasteiger partial charge in [0.05, 0.1) is 11.7 Å².